The van der Waals surface area contributed by atoms with Crippen molar-refractivity contribution in [3.63, 3.8) is 0 Å². The van der Waals surface area contributed by atoms with Crippen molar-refractivity contribution < 1.29 is 9.90 Å². The van der Waals surface area contributed by atoms with Crippen LogP contribution in [0.5, 0.6) is 0 Å². The molecule has 0 bridgehead atoms. The lowest BCUT2D eigenvalue weighted by molar-refractivity contribution is -0.0980. The SMILES string of the molecule is C=Cc1cc(N)cc(N)c1.C=O.CC.CC(C)=CCCC(C)C1CCC2C3C=CC4CC(c5cc(N)cc(N)c5)CCC4(C)C3CCC12C.CO. The summed E-state index contributed by atoms with van der Waals surface area (Å²) < 4.78 is 0. The fourth-order valence-corrected chi connectivity index (χ4v) is 10.5. The minimum Gasteiger partial charge on any atom is -0.400 e. The van der Waals surface area contributed by atoms with E-state index in [1.54, 1.807) is 12.1 Å². The van der Waals surface area contributed by atoms with Gasteiger partial charge < -0.3 is 32.8 Å². The Bertz CT molecular complexity index is 1410. The summed E-state index contributed by atoms with van der Waals surface area (Å²) in [4.78, 5) is 8.00. The lowest BCUT2D eigenvalue weighted by Crippen LogP contribution is -2.51. The Morgan fingerprint density at radius 3 is 1.90 bits per heavy atom. The number of rotatable bonds is 6. The van der Waals surface area contributed by atoms with Crippen molar-refractivity contribution in [2.75, 3.05) is 30.0 Å². The molecule has 4 aliphatic rings. The normalized spacial score (nSPS) is 30.2. The summed E-state index contributed by atoms with van der Waals surface area (Å²) in [5.74, 6) is 5.57. The third-order valence-electron chi connectivity index (χ3n) is 12.8. The minimum atomic E-state index is 0.455. The molecule has 6 heteroatoms. The first kappa shape index (κ1) is 43.7. The largest absolute Gasteiger partial charge is 0.400 e. The van der Waals surface area contributed by atoms with E-state index in [4.69, 9.17) is 32.8 Å². The Morgan fingerprint density at radius 1 is 0.824 bits per heavy atom. The van der Waals surface area contributed by atoms with Gasteiger partial charge in [0.15, 0.2) is 0 Å². The molecule has 0 heterocycles. The second-order valence-corrected chi connectivity index (χ2v) is 15.9. The summed E-state index contributed by atoms with van der Waals surface area (Å²) in [6.07, 6.45) is 21.8. The van der Waals surface area contributed by atoms with Gasteiger partial charge in [-0.1, -0.05) is 71.1 Å². The molecule has 3 saturated carbocycles. The van der Waals surface area contributed by atoms with Crippen LogP contribution in [0.2, 0.25) is 0 Å². The van der Waals surface area contributed by atoms with Crippen molar-refractivity contribution in [1.82, 2.24) is 0 Å². The number of allylic oxidation sites excluding steroid dienone is 4. The van der Waals surface area contributed by atoms with Crippen molar-refractivity contribution in [3.8, 4) is 0 Å². The highest BCUT2D eigenvalue weighted by Gasteiger charge is 2.59. The van der Waals surface area contributed by atoms with E-state index in [9.17, 15) is 0 Å². The molecule has 0 aromatic heterocycles. The quantitative estimate of drug-likeness (QED) is 0.150. The first-order chi connectivity index (χ1) is 24.3. The van der Waals surface area contributed by atoms with Crippen LogP contribution in [-0.4, -0.2) is 19.0 Å². The van der Waals surface area contributed by atoms with Crippen LogP contribution < -0.4 is 22.9 Å². The lowest BCUT2D eigenvalue weighted by atomic mass is 9.45. The van der Waals surface area contributed by atoms with Crippen LogP contribution in [0.4, 0.5) is 22.7 Å². The molecule has 9 N–H and O–H groups in total. The third kappa shape index (κ3) is 10.3. The molecule has 0 spiro atoms. The lowest BCUT2D eigenvalue weighted by Gasteiger charge is -2.59. The van der Waals surface area contributed by atoms with Gasteiger partial charge >= 0.3 is 0 Å². The number of nitrogens with two attached hydrogens (primary N) is 4. The molecule has 9 unspecified atom stereocenters. The molecule has 6 rings (SSSR count). The Labute approximate surface area is 311 Å². The molecule has 284 valence electrons. The zero-order chi connectivity index (χ0) is 38.5. The second-order valence-electron chi connectivity index (χ2n) is 15.9. The predicted molar refractivity (Wildman–Crippen MR) is 223 cm³/mol. The zero-order valence-electron chi connectivity index (χ0n) is 33.3. The van der Waals surface area contributed by atoms with Crippen LogP contribution in [0, 0.1) is 46.3 Å². The zero-order valence-corrected chi connectivity index (χ0v) is 33.3. The molecule has 0 aliphatic heterocycles. The highest BCUT2D eigenvalue weighted by atomic mass is 16.2. The van der Waals surface area contributed by atoms with Crippen molar-refractivity contribution in [1.29, 1.82) is 0 Å². The molecule has 0 saturated heterocycles. The van der Waals surface area contributed by atoms with E-state index in [2.05, 4.69) is 71.6 Å². The van der Waals surface area contributed by atoms with Crippen LogP contribution in [0.1, 0.15) is 123 Å². The summed E-state index contributed by atoms with van der Waals surface area (Å²) in [7, 11) is 1.00. The third-order valence-corrected chi connectivity index (χ3v) is 12.8. The van der Waals surface area contributed by atoms with Gasteiger partial charge in [-0.15, -0.1) is 0 Å². The molecular formula is C45H72N4O2. The maximum Gasteiger partial charge on any atom is 0.106 e. The highest BCUT2D eigenvalue weighted by molar-refractivity contribution is 5.62. The monoisotopic (exact) mass is 701 g/mol. The number of hydrogen-bond donors (Lipinski definition) is 5. The van der Waals surface area contributed by atoms with Gasteiger partial charge in [0.05, 0.1) is 0 Å². The summed E-state index contributed by atoms with van der Waals surface area (Å²) >= 11 is 0. The van der Waals surface area contributed by atoms with Gasteiger partial charge in [-0.3, -0.25) is 0 Å². The Balaban J connectivity index is 0.000000475. The van der Waals surface area contributed by atoms with Gasteiger partial charge in [0.2, 0.25) is 0 Å². The number of nitrogen functional groups attached to an aromatic ring is 4. The molecule has 4 aliphatic carbocycles. The van der Waals surface area contributed by atoms with Gasteiger partial charge in [0.25, 0.3) is 0 Å². The van der Waals surface area contributed by atoms with Crippen LogP contribution in [0.25, 0.3) is 6.08 Å². The molecule has 0 amide bonds. The van der Waals surface area contributed by atoms with Crippen LogP contribution in [0.15, 0.2) is 66.8 Å². The van der Waals surface area contributed by atoms with Crippen molar-refractivity contribution in [2.45, 2.75) is 112 Å². The summed E-state index contributed by atoms with van der Waals surface area (Å²) in [5, 5.41) is 7.00. The average Bonchev–Trinajstić information content (AvgIpc) is 3.47. The van der Waals surface area contributed by atoms with Crippen molar-refractivity contribution in [2.24, 2.45) is 46.3 Å². The molecule has 6 nitrogen and oxygen atoms in total. The first-order valence-electron chi connectivity index (χ1n) is 19.3. The summed E-state index contributed by atoms with van der Waals surface area (Å²) in [6, 6.07) is 11.6. The minimum absolute atomic E-state index is 0.455. The maximum atomic E-state index is 8.00. The van der Waals surface area contributed by atoms with Crippen LogP contribution in [-0.2, 0) is 4.79 Å². The molecule has 51 heavy (non-hydrogen) atoms. The number of benzene rings is 2. The average molecular weight is 701 g/mol. The molecule has 9 atom stereocenters. The predicted octanol–water partition coefficient (Wildman–Crippen LogP) is 10.7. The number of hydrogen-bond acceptors (Lipinski definition) is 6. The van der Waals surface area contributed by atoms with Crippen molar-refractivity contribution in [3.05, 3.63) is 77.9 Å². The van der Waals surface area contributed by atoms with Gasteiger partial charge in [0.1, 0.15) is 6.79 Å². The fourth-order valence-electron chi connectivity index (χ4n) is 10.5. The number of anilines is 4. The van der Waals surface area contributed by atoms with Crippen LogP contribution >= 0.6 is 0 Å². The van der Waals surface area contributed by atoms with Gasteiger partial charge in [-0.25, -0.2) is 0 Å². The Kier molecular flexibility index (Phi) is 17.1. The Morgan fingerprint density at radius 2 is 1.35 bits per heavy atom. The number of aliphatic hydroxyl groups excluding tert-OH is 1. The van der Waals surface area contributed by atoms with E-state index in [0.717, 1.165) is 53.6 Å². The molecular weight excluding hydrogens is 629 g/mol. The fraction of sp³-hybridized carbons (Fsp3) is 0.578. The standard InChI is InChI=1S/C33H50N2.C8H10N2.C2H6.CH4O.CH2O/c1-21(2)7-6-8-22(3)29-11-12-30-28-10-9-25-17-23(24-18-26(34)20-27(35)19-24)13-15-32(25,4)31(28)14-16-33(29,30)5;1-2-6-3-7(9)5-8(10)4-6;3*1-2/h7,9-10,18-20,22-23,25,28-31H,6,8,11-17,34-35H2,1-5H3;2-5H,1,9-10H2;1-2H3;2H,1H3;1H2. The second kappa shape index (κ2) is 19.9. The van der Waals surface area contributed by atoms with Gasteiger partial charge in [-0.2, -0.15) is 0 Å². The topological polar surface area (TPSA) is 141 Å². The molecule has 3 fully saturated rings. The van der Waals surface area contributed by atoms with E-state index >= 15 is 0 Å². The van der Waals surface area contributed by atoms with E-state index in [-0.39, 0.29) is 0 Å². The summed E-state index contributed by atoms with van der Waals surface area (Å²) in [6.45, 7) is 22.0. The number of aliphatic hydroxyl groups is 1. The van der Waals surface area contributed by atoms with E-state index in [0.29, 0.717) is 34.0 Å². The maximum absolute atomic E-state index is 8.00. The summed E-state index contributed by atoms with van der Waals surface area (Å²) in [5.41, 5.74) is 31.1. The Hall–Kier alpha value is -3.51. The number of fused-ring (bicyclic) bond motifs is 5. The molecule has 2 aromatic rings. The van der Waals surface area contributed by atoms with E-state index < -0.39 is 0 Å². The molecule has 0 radical (unpaired) electrons. The number of carbonyl (C=O) groups is 1. The van der Waals surface area contributed by atoms with E-state index in [1.165, 1.54) is 68.9 Å². The molecule has 2 aromatic carbocycles. The van der Waals surface area contributed by atoms with Gasteiger partial charge in [-0.05, 0) is 171 Å². The first-order valence-corrected chi connectivity index (χ1v) is 19.3. The number of carbonyl (C=O) groups excluding carboxylic acids is 1. The van der Waals surface area contributed by atoms with Crippen molar-refractivity contribution >= 4 is 35.6 Å². The van der Waals surface area contributed by atoms with E-state index in [1.807, 2.05) is 38.8 Å². The smallest absolute Gasteiger partial charge is 0.106 e. The van der Waals surface area contributed by atoms with Crippen LogP contribution in [0.3, 0.4) is 0 Å². The van der Waals surface area contributed by atoms with Gasteiger partial charge in [0, 0.05) is 29.9 Å². The highest BCUT2D eigenvalue weighted by Crippen LogP contribution is 2.67.